The van der Waals surface area contributed by atoms with Crippen LogP contribution in [0.25, 0.3) is 6.08 Å². The topological polar surface area (TPSA) is 40.5 Å². The lowest BCUT2D eigenvalue weighted by molar-refractivity contribution is -0.113. The van der Waals surface area contributed by atoms with E-state index in [1.54, 1.807) is 31.2 Å². The molecule has 0 aliphatic carbocycles. The second kappa shape index (κ2) is 6.66. The summed E-state index contributed by atoms with van der Waals surface area (Å²) in [6.45, 7) is 1.77. The van der Waals surface area contributed by atoms with Gasteiger partial charge in [0.2, 0.25) is 0 Å². The van der Waals surface area contributed by atoms with Crippen molar-refractivity contribution in [2.45, 2.75) is 6.92 Å². The number of rotatable bonds is 2. The molecular formula is C17H11BrFNO2S2. The molecule has 1 heterocycles. The van der Waals surface area contributed by atoms with Crippen LogP contribution in [0.5, 0.6) is 5.75 Å². The molecule has 3 nitrogen and oxygen atoms in total. The lowest BCUT2D eigenvalue weighted by Crippen LogP contribution is -2.27. The number of hydrogen-bond donors (Lipinski definition) is 1. The molecule has 0 bridgehead atoms. The zero-order valence-corrected chi connectivity index (χ0v) is 15.6. The number of nitrogens with zero attached hydrogens (tertiary/aromatic N) is 1. The maximum absolute atomic E-state index is 13.4. The van der Waals surface area contributed by atoms with Crippen LogP contribution in [0.4, 0.5) is 10.1 Å². The normalized spacial score (nSPS) is 16.3. The third kappa shape index (κ3) is 3.24. The molecular weight excluding hydrogens is 413 g/mol. The molecule has 3 rings (SSSR count). The Bertz CT molecular complexity index is 875. The number of thiocarbonyl (C=S) groups is 1. The van der Waals surface area contributed by atoms with Crippen LogP contribution in [0.3, 0.4) is 0 Å². The number of aromatic hydroxyl groups is 1. The van der Waals surface area contributed by atoms with E-state index in [4.69, 9.17) is 12.2 Å². The summed E-state index contributed by atoms with van der Waals surface area (Å²) >= 11 is 9.71. The molecule has 24 heavy (non-hydrogen) atoms. The van der Waals surface area contributed by atoms with E-state index in [1.165, 1.54) is 23.1 Å². The molecule has 0 unspecified atom stereocenters. The van der Waals surface area contributed by atoms with Gasteiger partial charge in [0.05, 0.1) is 15.1 Å². The molecule has 0 atom stereocenters. The Hall–Kier alpha value is -1.70. The number of thioether (sulfide) groups is 1. The van der Waals surface area contributed by atoms with E-state index < -0.39 is 5.82 Å². The molecule has 7 heteroatoms. The maximum atomic E-state index is 13.4. The maximum Gasteiger partial charge on any atom is 0.270 e. The summed E-state index contributed by atoms with van der Waals surface area (Å²) in [5.74, 6) is -0.555. The first-order valence-corrected chi connectivity index (χ1v) is 8.91. The van der Waals surface area contributed by atoms with E-state index in [-0.39, 0.29) is 11.7 Å². The van der Waals surface area contributed by atoms with E-state index in [0.717, 1.165) is 17.3 Å². The molecule has 0 spiro atoms. The Morgan fingerprint density at radius 2 is 2.08 bits per heavy atom. The summed E-state index contributed by atoms with van der Waals surface area (Å²) in [5.41, 5.74) is 1.86. The van der Waals surface area contributed by atoms with Gasteiger partial charge < -0.3 is 5.11 Å². The molecule has 1 N–H and O–H groups in total. The van der Waals surface area contributed by atoms with Crippen molar-refractivity contribution in [2.24, 2.45) is 0 Å². The molecule has 122 valence electrons. The summed E-state index contributed by atoms with van der Waals surface area (Å²) in [6.07, 6.45) is 1.70. The number of amides is 1. The summed E-state index contributed by atoms with van der Waals surface area (Å²) in [6, 6.07) is 9.25. The number of hydrogen-bond acceptors (Lipinski definition) is 4. The van der Waals surface area contributed by atoms with E-state index in [9.17, 15) is 14.3 Å². The summed E-state index contributed by atoms with van der Waals surface area (Å²) in [7, 11) is 0. The number of carbonyl (C=O) groups is 1. The first kappa shape index (κ1) is 17.1. The number of phenolic OH excluding ortho intramolecular Hbond substituents is 1. The quantitative estimate of drug-likeness (QED) is 0.544. The van der Waals surface area contributed by atoms with Crippen molar-refractivity contribution < 1.29 is 14.3 Å². The third-order valence-electron chi connectivity index (χ3n) is 3.43. The predicted octanol–water partition coefficient (Wildman–Crippen LogP) is 5.01. The smallest absolute Gasteiger partial charge is 0.270 e. The SMILES string of the molecule is Cc1cc(/C=C2/SC(=S)N(c3cccc(F)c3)C2=O)cc(Br)c1O. The fourth-order valence-electron chi connectivity index (χ4n) is 2.30. The number of anilines is 1. The average molecular weight is 424 g/mol. The second-order valence-corrected chi connectivity index (χ2v) is 7.70. The molecule has 1 fully saturated rings. The Kier molecular flexibility index (Phi) is 4.76. The van der Waals surface area contributed by atoms with Gasteiger partial charge in [0, 0.05) is 0 Å². The molecule has 1 aliphatic heterocycles. The summed E-state index contributed by atoms with van der Waals surface area (Å²) < 4.78 is 14.3. The number of phenols is 1. The van der Waals surface area contributed by atoms with Crippen molar-refractivity contribution in [3.05, 3.63) is 62.7 Å². The number of aryl methyl sites for hydroxylation is 1. The number of carbonyl (C=O) groups excluding carboxylic acids is 1. The van der Waals surface area contributed by atoms with E-state index in [2.05, 4.69) is 15.9 Å². The first-order chi connectivity index (χ1) is 11.4. The Morgan fingerprint density at radius 3 is 2.75 bits per heavy atom. The minimum Gasteiger partial charge on any atom is -0.506 e. The van der Waals surface area contributed by atoms with Crippen molar-refractivity contribution in [3.8, 4) is 5.75 Å². The summed E-state index contributed by atoms with van der Waals surface area (Å²) in [4.78, 5) is 14.4. The number of halogens is 2. The fourth-order valence-corrected chi connectivity index (χ4v) is 4.18. The van der Waals surface area contributed by atoms with Gasteiger partial charge in [-0.3, -0.25) is 9.69 Å². The van der Waals surface area contributed by atoms with Gasteiger partial charge in [-0.05, 0) is 70.4 Å². The molecule has 2 aromatic rings. The highest BCUT2D eigenvalue weighted by Gasteiger charge is 2.33. The average Bonchev–Trinajstić information content (AvgIpc) is 2.79. The predicted molar refractivity (Wildman–Crippen MR) is 103 cm³/mol. The van der Waals surface area contributed by atoms with Gasteiger partial charge in [0.1, 0.15) is 11.6 Å². The van der Waals surface area contributed by atoms with Crippen LogP contribution >= 0.6 is 39.9 Å². The van der Waals surface area contributed by atoms with Crippen LogP contribution in [0, 0.1) is 12.7 Å². The zero-order chi connectivity index (χ0) is 17.4. The third-order valence-corrected chi connectivity index (χ3v) is 5.34. The molecule has 0 saturated carbocycles. The lowest BCUT2D eigenvalue weighted by Gasteiger charge is -2.14. The second-order valence-electron chi connectivity index (χ2n) is 5.17. The standard InChI is InChI=1S/C17H11BrFNO2S2/c1-9-5-10(6-13(18)15(9)21)7-14-16(22)20(17(23)24-14)12-4-2-3-11(19)8-12/h2-8,21H,1H3/b14-7+. The zero-order valence-electron chi connectivity index (χ0n) is 12.4. The minimum absolute atomic E-state index is 0.166. The van der Waals surface area contributed by atoms with Gasteiger partial charge in [-0.25, -0.2) is 4.39 Å². The van der Waals surface area contributed by atoms with Crippen LogP contribution in [0.15, 0.2) is 45.8 Å². The van der Waals surface area contributed by atoms with Crippen molar-refractivity contribution >= 4 is 61.9 Å². The Balaban J connectivity index is 1.97. The van der Waals surface area contributed by atoms with E-state index in [0.29, 0.717) is 24.9 Å². The van der Waals surface area contributed by atoms with Gasteiger partial charge in [-0.1, -0.05) is 30.0 Å². The van der Waals surface area contributed by atoms with Crippen molar-refractivity contribution in [1.82, 2.24) is 0 Å². The van der Waals surface area contributed by atoms with Crippen LogP contribution in [-0.4, -0.2) is 15.3 Å². The lowest BCUT2D eigenvalue weighted by atomic mass is 10.1. The highest BCUT2D eigenvalue weighted by molar-refractivity contribution is 9.10. The first-order valence-electron chi connectivity index (χ1n) is 6.89. The van der Waals surface area contributed by atoms with Crippen molar-refractivity contribution in [1.29, 1.82) is 0 Å². The van der Waals surface area contributed by atoms with Gasteiger partial charge in [-0.15, -0.1) is 0 Å². The molecule has 0 aromatic heterocycles. The van der Waals surface area contributed by atoms with Crippen molar-refractivity contribution in [2.75, 3.05) is 4.90 Å². The molecule has 1 saturated heterocycles. The molecule has 1 amide bonds. The molecule has 0 radical (unpaired) electrons. The minimum atomic E-state index is -0.427. The highest BCUT2D eigenvalue weighted by atomic mass is 79.9. The molecule has 2 aromatic carbocycles. The largest absolute Gasteiger partial charge is 0.506 e. The Labute approximate surface area is 156 Å². The van der Waals surface area contributed by atoms with Crippen LogP contribution in [-0.2, 0) is 4.79 Å². The van der Waals surface area contributed by atoms with E-state index in [1.807, 2.05) is 0 Å². The molecule has 1 aliphatic rings. The van der Waals surface area contributed by atoms with Crippen LogP contribution < -0.4 is 4.90 Å². The van der Waals surface area contributed by atoms with Gasteiger partial charge in [-0.2, -0.15) is 0 Å². The Morgan fingerprint density at radius 1 is 1.33 bits per heavy atom. The van der Waals surface area contributed by atoms with Crippen molar-refractivity contribution in [3.63, 3.8) is 0 Å². The fraction of sp³-hybridized carbons (Fsp3) is 0.0588. The van der Waals surface area contributed by atoms with Crippen LogP contribution in [0.2, 0.25) is 0 Å². The number of benzene rings is 2. The van der Waals surface area contributed by atoms with Crippen LogP contribution in [0.1, 0.15) is 11.1 Å². The summed E-state index contributed by atoms with van der Waals surface area (Å²) in [5, 5.41) is 9.80. The highest BCUT2D eigenvalue weighted by Crippen LogP contribution is 2.37. The van der Waals surface area contributed by atoms with Gasteiger partial charge in [0.15, 0.2) is 4.32 Å². The van der Waals surface area contributed by atoms with Gasteiger partial charge >= 0.3 is 0 Å². The van der Waals surface area contributed by atoms with Gasteiger partial charge in [0.25, 0.3) is 5.91 Å². The monoisotopic (exact) mass is 423 g/mol. The van der Waals surface area contributed by atoms with E-state index >= 15 is 0 Å².